The van der Waals surface area contributed by atoms with Crippen molar-refractivity contribution in [2.45, 2.75) is 32.3 Å². The van der Waals surface area contributed by atoms with Gasteiger partial charge in [0.15, 0.2) is 0 Å². The van der Waals surface area contributed by atoms with Gasteiger partial charge in [0.05, 0.1) is 13.0 Å². The van der Waals surface area contributed by atoms with Gasteiger partial charge >= 0.3 is 12.1 Å². The molecule has 2 heterocycles. The van der Waals surface area contributed by atoms with Crippen LogP contribution in [0.15, 0.2) is 18.5 Å². The van der Waals surface area contributed by atoms with E-state index < -0.39 is 17.6 Å². The normalized spacial score (nSPS) is 21.2. The molecule has 0 aromatic carbocycles. The van der Waals surface area contributed by atoms with Crippen LogP contribution >= 0.6 is 11.6 Å². The number of hydrogen-bond donors (Lipinski definition) is 0. The fraction of sp³-hybridized carbons (Fsp3) is 0.562. The molecule has 0 bridgehead atoms. The Bertz CT molecular complexity index is 600. The smallest absolute Gasteiger partial charge is 0.410 e. The fourth-order valence-electron chi connectivity index (χ4n) is 2.65. The molecule has 1 aromatic heterocycles. The van der Waals surface area contributed by atoms with Crippen LogP contribution < -0.4 is 0 Å². The molecule has 1 aromatic rings. The molecule has 1 amide bonds. The summed E-state index contributed by atoms with van der Waals surface area (Å²) in [5.74, 6) is -1.13. The van der Waals surface area contributed by atoms with Gasteiger partial charge in [-0.05, 0) is 32.4 Å². The molecule has 1 saturated heterocycles. The van der Waals surface area contributed by atoms with E-state index >= 15 is 0 Å². The average molecular weight is 341 g/mol. The first-order valence-corrected chi connectivity index (χ1v) is 7.76. The molecular formula is C16H21ClN2O4. The van der Waals surface area contributed by atoms with Crippen LogP contribution in [0.1, 0.15) is 32.3 Å². The molecule has 1 fully saturated rings. The van der Waals surface area contributed by atoms with Gasteiger partial charge in [-0.2, -0.15) is 0 Å². The van der Waals surface area contributed by atoms with E-state index in [0.29, 0.717) is 11.6 Å². The number of esters is 1. The minimum absolute atomic E-state index is 0.234. The Hall–Kier alpha value is -1.82. The van der Waals surface area contributed by atoms with Gasteiger partial charge < -0.3 is 14.4 Å². The quantitative estimate of drug-likeness (QED) is 0.774. The zero-order chi connectivity index (χ0) is 17.2. The van der Waals surface area contributed by atoms with Gasteiger partial charge in [0, 0.05) is 36.4 Å². The number of aromatic nitrogens is 1. The summed E-state index contributed by atoms with van der Waals surface area (Å²) in [5, 5.41) is 0.518. The van der Waals surface area contributed by atoms with Crippen LogP contribution in [0.25, 0.3) is 0 Å². The molecule has 1 aliphatic heterocycles. The highest BCUT2D eigenvalue weighted by Gasteiger charge is 2.43. The van der Waals surface area contributed by atoms with E-state index in [4.69, 9.17) is 21.1 Å². The van der Waals surface area contributed by atoms with Crippen LogP contribution in [-0.4, -0.2) is 47.7 Å². The summed E-state index contributed by atoms with van der Waals surface area (Å²) in [6.07, 6.45) is 2.76. The van der Waals surface area contributed by atoms with Crippen molar-refractivity contribution in [2.24, 2.45) is 5.92 Å². The summed E-state index contributed by atoms with van der Waals surface area (Å²) >= 11 is 6.22. The Kier molecular flexibility index (Phi) is 5.14. The summed E-state index contributed by atoms with van der Waals surface area (Å²) in [6, 6.07) is 1.67. The van der Waals surface area contributed by atoms with E-state index in [1.807, 2.05) is 0 Å². The van der Waals surface area contributed by atoms with E-state index in [1.165, 1.54) is 12.0 Å². The van der Waals surface area contributed by atoms with Crippen LogP contribution in [0.2, 0.25) is 5.02 Å². The van der Waals surface area contributed by atoms with Crippen molar-refractivity contribution in [3.05, 3.63) is 29.0 Å². The van der Waals surface area contributed by atoms with Gasteiger partial charge in [-0.25, -0.2) is 4.79 Å². The summed E-state index contributed by atoms with van der Waals surface area (Å²) in [5.41, 5.74) is 0.137. The lowest BCUT2D eigenvalue weighted by Gasteiger charge is -2.24. The molecule has 0 saturated carbocycles. The maximum atomic E-state index is 12.3. The number of methoxy groups -OCH3 is 1. The van der Waals surface area contributed by atoms with Gasteiger partial charge in [-0.15, -0.1) is 0 Å². The van der Waals surface area contributed by atoms with Crippen LogP contribution in [0, 0.1) is 5.92 Å². The molecule has 0 spiro atoms. The van der Waals surface area contributed by atoms with Crippen molar-refractivity contribution in [1.82, 2.24) is 9.88 Å². The number of carbonyl (C=O) groups is 2. The minimum atomic E-state index is -0.595. The Balaban J connectivity index is 2.25. The molecule has 0 aliphatic carbocycles. The van der Waals surface area contributed by atoms with Crippen molar-refractivity contribution in [2.75, 3.05) is 20.2 Å². The highest BCUT2D eigenvalue weighted by atomic mass is 35.5. The van der Waals surface area contributed by atoms with Crippen molar-refractivity contribution >= 4 is 23.7 Å². The maximum Gasteiger partial charge on any atom is 0.410 e. The molecule has 0 unspecified atom stereocenters. The number of halogens is 1. The summed E-state index contributed by atoms with van der Waals surface area (Å²) in [4.78, 5) is 30.0. The van der Waals surface area contributed by atoms with Gasteiger partial charge in [0.25, 0.3) is 0 Å². The number of pyridine rings is 1. The molecule has 0 N–H and O–H groups in total. The molecule has 126 valence electrons. The second-order valence-electron chi connectivity index (χ2n) is 6.52. The van der Waals surface area contributed by atoms with E-state index in [0.717, 1.165) is 5.56 Å². The van der Waals surface area contributed by atoms with E-state index in [1.54, 1.807) is 39.2 Å². The van der Waals surface area contributed by atoms with Crippen LogP contribution in [0.4, 0.5) is 4.79 Å². The Morgan fingerprint density at radius 1 is 1.35 bits per heavy atom. The molecular weight excluding hydrogens is 320 g/mol. The lowest BCUT2D eigenvalue weighted by molar-refractivity contribution is -0.145. The zero-order valence-corrected chi connectivity index (χ0v) is 14.5. The predicted molar refractivity (Wildman–Crippen MR) is 85.3 cm³/mol. The molecule has 23 heavy (non-hydrogen) atoms. The van der Waals surface area contributed by atoms with Crippen LogP contribution in [-0.2, 0) is 14.3 Å². The third-order valence-corrected chi connectivity index (χ3v) is 4.02. The molecule has 1 aliphatic rings. The first kappa shape index (κ1) is 17.5. The SMILES string of the molecule is COC(=O)[C@H]1CN(C(=O)OC(C)(C)C)C[C@@H]1c1cnccc1Cl. The van der Waals surface area contributed by atoms with Gasteiger partial charge in [-0.1, -0.05) is 11.6 Å². The molecule has 2 rings (SSSR count). The predicted octanol–water partition coefficient (Wildman–Crippen LogP) is 2.86. The standard InChI is InChI=1S/C16H21ClN2O4/c1-16(2,3)23-15(21)19-8-11(12(9-19)14(20)22-4)10-7-18-6-5-13(10)17/h5-7,11-12H,8-9H2,1-4H3/t11-,12+/m1/s1. The van der Waals surface area contributed by atoms with Crippen molar-refractivity contribution < 1.29 is 19.1 Å². The number of amides is 1. The number of nitrogens with zero attached hydrogens (tertiary/aromatic N) is 2. The Morgan fingerprint density at radius 2 is 2.04 bits per heavy atom. The van der Waals surface area contributed by atoms with Crippen LogP contribution in [0.5, 0.6) is 0 Å². The molecule has 6 nitrogen and oxygen atoms in total. The Labute approximate surface area is 140 Å². The van der Waals surface area contributed by atoms with Gasteiger partial charge in [0.1, 0.15) is 5.60 Å². The summed E-state index contributed by atoms with van der Waals surface area (Å²) < 4.78 is 10.3. The highest BCUT2D eigenvalue weighted by molar-refractivity contribution is 6.31. The van der Waals surface area contributed by atoms with Crippen molar-refractivity contribution in [1.29, 1.82) is 0 Å². The lowest BCUT2D eigenvalue weighted by atomic mass is 9.90. The number of hydrogen-bond acceptors (Lipinski definition) is 5. The van der Waals surface area contributed by atoms with E-state index in [-0.39, 0.29) is 18.4 Å². The van der Waals surface area contributed by atoms with Crippen molar-refractivity contribution in [3.8, 4) is 0 Å². The first-order chi connectivity index (χ1) is 10.7. The van der Waals surface area contributed by atoms with Gasteiger partial charge in [0.2, 0.25) is 0 Å². The number of carbonyl (C=O) groups excluding carboxylic acids is 2. The zero-order valence-electron chi connectivity index (χ0n) is 13.7. The van der Waals surface area contributed by atoms with E-state index in [9.17, 15) is 9.59 Å². The molecule has 2 atom stereocenters. The number of rotatable bonds is 2. The lowest BCUT2D eigenvalue weighted by Crippen LogP contribution is -2.36. The second kappa shape index (κ2) is 6.74. The fourth-order valence-corrected chi connectivity index (χ4v) is 2.89. The monoisotopic (exact) mass is 340 g/mol. The topological polar surface area (TPSA) is 68.7 Å². The third-order valence-electron chi connectivity index (χ3n) is 3.67. The van der Waals surface area contributed by atoms with Crippen LogP contribution in [0.3, 0.4) is 0 Å². The largest absolute Gasteiger partial charge is 0.469 e. The third kappa shape index (κ3) is 4.13. The maximum absolute atomic E-state index is 12.3. The van der Waals surface area contributed by atoms with Crippen molar-refractivity contribution in [3.63, 3.8) is 0 Å². The Morgan fingerprint density at radius 3 is 2.61 bits per heavy atom. The number of likely N-dealkylation sites (tertiary alicyclic amines) is 1. The second-order valence-corrected chi connectivity index (χ2v) is 6.93. The number of ether oxygens (including phenoxy) is 2. The highest BCUT2D eigenvalue weighted by Crippen LogP contribution is 2.37. The average Bonchev–Trinajstić information content (AvgIpc) is 2.90. The van der Waals surface area contributed by atoms with E-state index in [2.05, 4.69) is 4.98 Å². The molecule has 0 radical (unpaired) electrons. The molecule has 7 heteroatoms. The first-order valence-electron chi connectivity index (χ1n) is 7.38. The summed E-state index contributed by atoms with van der Waals surface area (Å²) in [6.45, 7) is 5.97. The minimum Gasteiger partial charge on any atom is -0.469 e. The van der Waals surface area contributed by atoms with Gasteiger partial charge in [-0.3, -0.25) is 9.78 Å². The summed E-state index contributed by atoms with van der Waals surface area (Å²) in [7, 11) is 1.33.